The lowest BCUT2D eigenvalue weighted by atomic mass is 9.44. The first-order valence-electron chi connectivity index (χ1n) is 12.8. The molecule has 33 heavy (non-hydrogen) atoms. The number of rotatable bonds is 6. The molecule has 4 heteroatoms. The molecule has 0 bridgehead atoms. The standard InChI is InChI=1S/C29H42O4/c1-17(15-19(30)16-18(2)26(32)33)21-8-9-22-20-7-10-24-27(3,4)25(31)12-14-29(24,6)23(20)11-13-28(21,22)5/h7,9,17,21,23-25,31H,2,8,10-16H2,1,3-6H3,(H,32,33)/t17-,21-,23-,24-,25+,28-,29+/m0/s1. The quantitative estimate of drug-likeness (QED) is 0.475. The Morgan fingerprint density at radius 1 is 1.12 bits per heavy atom. The summed E-state index contributed by atoms with van der Waals surface area (Å²) in [5, 5.41) is 19.8. The highest BCUT2D eigenvalue weighted by molar-refractivity contribution is 5.94. The number of aliphatic carboxylic acids is 1. The maximum absolute atomic E-state index is 12.5. The van der Waals surface area contributed by atoms with Crippen LogP contribution in [0.1, 0.15) is 86.0 Å². The molecule has 0 aromatic rings. The van der Waals surface area contributed by atoms with Gasteiger partial charge in [-0.15, -0.1) is 0 Å². The zero-order valence-electron chi connectivity index (χ0n) is 21.1. The van der Waals surface area contributed by atoms with Crippen LogP contribution >= 0.6 is 0 Å². The van der Waals surface area contributed by atoms with E-state index < -0.39 is 5.97 Å². The number of hydrogen-bond donors (Lipinski definition) is 2. The smallest absolute Gasteiger partial charge is 0.331 e. The largest absolute Gasteiger partial charge is 0.478 e. The van der Waals surface area contributed by atoms with Gasteiger partial charge in [0.25, 0.3) is 0 Å². The molecule has 0 amide bonds. The Labute approximate surface area is 199 Å². The predicted octanol–water partition coefficient (Wildman–Crippen LogP) is 6.11. The van der Waals surface area contributed by atoms with E-state index in [0.717, 1.165) is 32.1 Å². The van der Waals surface area contributed by atoms with Crippen molar-refractivity contribution in [3.8, 4) is 0 Å². The minimum absolute atomic E-state index is 0.0140. The predicted molar refractivity (Wildman–Crippen MR) is 131 cm³/mol. The average Bonchev–Trinajstić information content (AvgIpc) is 3.08. The molecule has 182 valence electrons. The van der Waals surface area contributed by atoms with Crippen molar-refractivity contribution in [2.24, 2.45) is 39.9 Å². The van der Waals surface area contributed by atoms with Crippen LogP contribution in [0.5, 0.6) is 0 Å². The van der Waals surface area contributed by atoms with E-state index in [2.05, 4.69) is 53.3 Å². The van der Waals surface area contributed by atoms with Crippen LogP contribution in [0.2, 0.25) is 0 Å². The normalized spacial score (nSPS) is 39.9. The molecule has 0 unspecified atom stereocenters. The van der Waals surface area contributed by atoms with Gasteiger partial charge in [-0.1, -0.05) is 53.3 Å². The fraction of sp³-hybridized carbons (Fsp3) is 0.724. The third-order valence-corrected chi connectivity index (χ3v) is 10.5. The van der Waals surface area contributed by atoms with Gasteiger partial charge in [0.1, 0.15) is 5.78 Å². The maximum atomic E-state index is 12.5. The van der Waals surface area contributed by atoms with Gasteiger partial charge in [0.2, 0.25) is 0 Å². The van der Waals surface area contributed by atoms with Gasteiger partial charge in [-0.2, -0.15) is 0 Å². The van der Waals surface area contributed by atoms with Gasteiger partial charge in [0.05, 0.1) is 6.10 Å². The van der Waals surface area contributed by atoms with Gasteiger partial charge >= 0.3 is 5.97 Å². The Morgan fingerprint density at radius 3 is 2.48 bits per heavy atom. The Morgan fingerprint density at radius 2 is 1.82 bits per heavy atom. The van der Waals surface area contributed by atoms with Crippen LogP contribution in [0.3, 0.4) is 0 Å². The molecule has 2 saturated carbocycles. The number of aliphatic hydroxyl groups excluding tert-OH is 1. The maximum Gasteiger partial charge on any atom is 0.331 e. The van der Waals surface area contributed by atoms with E-state index >= 15 is 0 Å². The first-order chi connectivity index (χ1) is 15.3. The Kier molecular flexibility index (Phi) is 6.09. The number of carboxylic acids is 1. The first kappa shape index (κ1) is 24.4. The number of carbonyl (C=O) groups excluding carboxylic acids is 1. The lowest BCUT2D eigenvalue weighted by Crippen LogP contribution is -2.55. The second-order valence-electron chi connectivity index (χ2n) is 12.6. The fourth-order valence-electron chi connectivity index (χ4n) is 8.49. The second kappa shape index (κ2) is 8.22. The Balaban J connectivity index is 1.53. The van der Waals surface area contributed by atoms with Crippen molar-refractivity contribution in [2.75, 3.05) is 0 Å². The van der Waals surface area contributed by atoms with E-state index in [-0.39, 0.29) is 46.0 Å². The summed E-state index contributed by atoms with van der Waals surface area (Å²) in [4.78, 5) is 23.6. The zero-order chi connectivity index (χ0) is 24.3. The molecule has 7 atom stereocenters. The summed E-state index contributed by atoms with van der Waals surface area (Å²) >= 11 is 0. The van der Waals surface area contributed by atoms with E-state index in [4.69, 9.17) is 5.11 Å². The van der Waals surface area contributed by atoms with Gasteiger partial charge in [-0.25, -0.2) is 4.79 Å². The van der Waals surface area contributed by atoms with E-state index in [1.54, 1.807) is 5.57 Å². The SMILES string of the molecule is C=C(CC(=O)C[C@H](C)[C@@H]1CC=C2C3=CC[C@H]4C(C)(C)[C@H](O)CC[C@]4(C)[C@H]3CC[C@]21C)C(=O)O. The number of ketones is 1. The highest BCUT2D eigenvalue weighted by atomic mass is 16.4. The summed E-state index contributed by atoms with van der Waals surface area (Å²) in [6, 6.07) is 0. The topological polar surface area (TPSA) is 74.6 Å². The average molecular weight is 455 g/mol. The highest BCUT2D eigenvalue weighted by Gasteiger charge is 2.59. The summed E-state index contributed by atoms with van der Waals surface area (Å²) in [5.41, 5.74) is 3.30. The number of allylic oxidation sites excluding steroid dienone is 4. The van der Waals surface area contributed by atoms with Crippen LogP contribution in [0, 0.1) is 39.9 Å². The summed E-state index contributed by atoms with van der Waals surface area (Å²) < 4.78 is 0. The van der Waals surface area contributed by atoms with Gasteiger partial charge in [-0.05, 0) is 89.6 Å². The molecule has 2 N–H and O–H groups in total. The summed E-state index contributed by atoms with van der Waals surface area (Å²) in [7, 11) is 0. The molecule has 0 heterocycles. The third-order valence-electron chi connectivity index (χ3n) is 10.5. The van der Waals surface area contributed by atoms with Gasteiger partial charge in [0.15, 0.2) is 0 Å². The lowest BCUT2D eigenvalue weighted by Gasteiger charge is -2.61. The summed E-state index contributed by atoms with van der Waals surface area (Å²) in [6.45, 7) is 15.1. The number of aliphatic hydroxyl groups is 1. The molecule has 0 aliphatic heterocycles. The molecule has 0 spiro atoms. The molecule has 4 aliphatic carbocycles. The van der Waals surface area contributed by atoms with E-state index in [9.17, 15) is 14.7 Å². The van der Waals surface area contributed by atoms with E-state index in [0.29, 0.717) is 24.2 Å². The molecular formula is C29H42O4. The second-order valence-corrected chi connectivity index (χ2v) is 12.6. The Bertz CT molecular complexity index is 924. The van der Waals surface area contributed by atoms with Crippen molar-refractivity contribution < 1.29 is 19.8 Å². The van der Waals surface area contributed by atoms with Crippen LogP contribution in [0.4, 0.5) is 0 Å². The number of hydrogen-bond acceptors (Lipinski definition) is 3. The van der Waals surface area contributed by atoms with Crippen molar-refractivity contribution in [1.29, 1.82) is 0 Å². The molecule has 4 aliphatic rings. The zero-order valence-corrected chi connectivity index (χ0v) is 21.1. The van der Waals surface area contributed by atoms with Crippen LogP contribution in [0.25, 0.3) is 0 Å². The summed E-state index contributed by atoms with van der Waals surface area (Å²) in [6.07, 6.45) is 11.4. The molecule has 4 rings (SSSR count). The van der Waals surface area contributed by atoms with Crippen molar-refractivity contribution in [3.05, 3.63) is 35.5 Å². The number of fused-ring (bicyclic) bond motifs is 5. The molecule has 0 radical (unpaired) electrons. The van der Waals surface area contributed by atoms with E-state index in [1.165, 1.54) is 12.0 Å². The van der Waals surface area contributed by atoms with Gasteiger partial charge in [-0.3, -0.25) is 4.79 Å². The number of Topliss-reactive ketones (excluding diaryl/α,β-unsaturated/α-hetero) is 1. The number of carbonyl (C=O) groups is 2. The molecule has 4 nitrogen and oxygen atoms in total. The Hall–Kier alpha value is -1.68. The minimum Gasteiger partial charge on any atom is -0.478 e. The van der Waals surface area contributed by atoms with E-state index in [1.807, 2.05) is 0 Å². The third kappa shape index (κ3) is 3.77. The molecular weight excluding hydrogens is 412 g/mol. The minimum atomic E-state index is -1.08. The van der Waals surface area contributed by atoms with Crippen LogP contribution in [-0.2, 0) is 9.59 Å². The number of carboxylic acid groups (broad SMARTS) is 1. The van der Waals surface area contributed by atoms with Crippen LogP contribution in [-0.4, -0.2) is 28.1 Å². The van der Waals surface area contributed by atoms with Crippen LogP contribution in [0.15, 0.2) is 35.5 Å². The van der Waals surface area contributed by atoms with Crippen LogP contribution < -0.4 is 0 Å². The van der Waals surface area contributed by atoms with Crippen molar-refractivity contribution in [3.63, 3.8) is 0 Å². The van der Waals surface area contributed by atoms with Crippen molar-refractivity contribution in [1.82, 2.24) is 0 Å². The van der Waals surface area contributed by atoms with Crippen molar-refractivity contribution in [2.45, 2.75) is 92.1 Å². The molecule has 2 fully saturated rings. The molecule has 0 aromatic heterocycles. The van der Waals surface area contributed by atoms with Gasteiger partial charge < -0.3 is 10.2 Å². The first-order valence-corrected chi connectivity index (χ1v) is 12.8. The monoisotopic (exact) mass is 454 g/mol. The molecule has 0 aromatic carbocycles. The lowest BCUT2D eigenvalue weighted by molar-refractivity contribution is -0.134. The van der Waals surface area contributed by atoms with Gasteiger partial charge in [0, 0.05) is 18.4 Å². The highest BCUT2D eigenvalue weighted by Crippen LogP contribution is 2.67. The van der Waals surface area contributed by atoms with Crippen molar-refractivity contribution >= 4 is 11.8 Å². The molecule has 0 saturated heterocycles. The fourth-order valence-corrected chi connectivity index (χ4v) is 8.49. The summed E-state index contributed by atoms with van der Waals surface area (Å²) in [5.74, 6) is 0.578.